The molecule has 0 radical (unpaired) electrons. The second-order valence-corrected chi connectivity index (χ2v) is 6.09. The van der Waals surface area contributed by atoms with Gasteiger partial charge < -0.3 is 15.4 Å². The molecule has 2 aromatic rings. The van der Waals surface area contributed by atoms with Crippen molar-refractivity contribution in [2.24, 2.45) is 5.92 Å². The summed E-state index contributed by atoms with van der Waals surface area (Å²) in [6, 6.07) is 7.77. The van der Waals surface area contributed by atoms with Crippen molar-refractivity contribution < 1.29 is 9.53 Å². The van der Waals surface area contributed by atoms with Gasteiger partial charge in [-0.15, -0.1) is 11.3 Å². The Bertz CT molecular complexity index is 635. The Morgan fingerprint density at radius 1 is 1.41 bits per heavy atom. The summed E-state index contributed by atoms with van der Waals surface area (Å²) in [5, 5.41) is 8.78. The third-order valence-electron chi connectivity index (χ3n) is 3.57. The molecule has 22 heavy (non-hydrogen) atoms. The predicted octanol–water partition coefficient (Wildman–Crippen LogP) is 2.16. The molecule has 1 amide bonds. The molecule has 0 unspecified atom stereocenters. The lowest BCUT2D eigenvalue weighted by molar-refractivity contribution is 0.0938. The summed E-state index contributed by atoms with van der Waals surface area (Å²) < 4.78 is 5.42. The first-order chi connectivity index (χ1) is 10.8. The van der Waals surface area contributed by atoms with Crippen LogP contribution in [0, 0.1) is 5.92 Å². The minimum Gasteiger partial charge on any atom is -0.494 e. The molecule has 0 saturated carbocycles. The predicted molar refractivity (Wildman–Crippen MR) is 87.4 cm³/mol. The minimum absolute atomic E-state index is 0.0969. The topological polar surface area (TPSA) is 63.2 Å². The first kappa shape index (κ1) is 15.0. The molecule has 1 aromatic carbocycles. The molecule has 3 rings (SSSR count). The number of rotatable bonds is 6. The average molecular weight is 317 g/mol. The van der Waals surface area contributed by atoms with Gasteiger partial charge in [0.1, 0.15) is 16.5 Å². The van der Waals surface area contributed by atoms with Crippen LogP contribution in [0.2, 0.25) is 0 Å². The number of nitrogens with zero attached hydrogens (tertiary/aromatic N) is 1. The number of nitrogens with one attached hydrogen (secondary N) is 2. The number of aromatic nitrogens is 1. The molecule has 2 heterocycles. The first-order valence-corrected chi connectivity index (χ1v) is 8.32. The number of hydrogen-bond acceptors (Lipinski definition) is 5. The Morgan fingerprint density at radius 3 is 2.82 bits per heavy atom. The second kappa shape index (κ2) is 6.89. The summed E-state index contributed by atoms with van der Waals surface area (Å²) >= 11 is 1.48. The lowest BCUT2D eigenvalue weighted by atomic mass is 10.0. The van der Waals surface area contributed by atoms with Crippen molar-refractivity contribution >= 4 is 17.2 Å². The van der Waals surface area contributed by atoms with Gasteiger partial charge in [0, 0.05) is 36.5 Å². The van der Waals surface area contributed by atoms with E-state index in [9.17, 15) is 4.79 Å². The van der Waals surface area contributed by atoms with Crippen LogP contribution in [0.15, 0.2) is 29.6 Å². The SMILES string of the molecule is CCOc1ccc(-c2nc(C(=O)NCC3CNC3)cs2)cc1. The number of carbonyl (C=O) groups excluding carboxylic acids is 1. The monoisotopic (exact) mass is 317 g/mol. The highest BCUT2D eigenvalue weighted by Crippen LogP contribution is 2.25. The molecule has 1 fully saturated rings. The first-order valence-electron chi connectivity index (χ1n) is 7.44. The lowest BCUT2D eigenvalue weighted by Crippen LogP contribution is -2.48. The molecule has 0 atom stereocenters. The Labute approximate surface area is 133 Å². The van der Waals surface area contributed by atoms with Gasteiger partial charge in [0.2, 0.25) is 0 Å². The van der Waals surface area contributed by atoms with Gasteiger partial charge in [-0.25, -0.2) is 4.98 Å². The fraction of sp³-hybridized carbons (Fsp3) is 0.375. The Morgan fingerprint density at radius 2 is 2.18 bits per heavy atom. The smallest absolute Gasteiger partial charge is 0.270 e. The Hall–Kier alpha value is -1.92. The van der Waals surface area contributed by atoms with Gasteiger partial charge in [-0.2, -0.15) is 0 Å². The van der Waals surface area contributed by atoms with E-state index in [2.05, 4.69) is 15.6 Å². The lowest BCUT2D eigenvalue weighted by Gasteiger charge is -2.26. The number of thiazole rings is 1. The summed E-state index contributed by atoms with van der Waals surface area (Å²) in [5.41, 5.74) is 1.48. The standard InChI is InChI=1S/C16H19N3O2S/c1-2-21-13-5-3-12(4-6-13)16-19-14(10-22-16)15(20)18-9-11-7-17-8-11/h3-6,10-11,17H,2,7-9H2,1H3,(H,18,20). The zero-order valence-electron chi connectivity index (χ0n) is 12.5. The van der Waals surface area contributed by atoms with Crippen LogP contribution < -0.4 is 15.4 Å². The van der Waals surface area contributed by atoms with Crippen molar-refractivity contribution in [2.75, 3.05) is 26.2 Å². The van der Waals surface area contributed by atoms with Gasteiger partial charge >= 0.3 is 0 Å². The van der Waals surface area contributed by atoms with E-state index in [1.54, 1.807) is 5.38 Å². The van der Waals surface area contributed by atoms with Gasteiger partial charge in [0.25, 0.3) is 5.91 Å². The van der Waals surface area contributed by atoms with Crippen molar-refractivity contribution in [3.8, 4) is 16.3 Å². The molecule has 0 spiro atoms. The quantitative estimate of drug-likeness (QED) is 0.857. The van der Waals surface area contributed by atoms with Crippen LogP contribution in [0.4, 0.5) is 0 Å². The third-order valence-corrected chi connectivity index (χ3v) is 4.46. The summed E-state index contributed by atoms with van der Waals surface area (Å²) in [5.74, 6) is 1.29. The molecular formula is C16H19N3O2S. The summed E-state index contributed by atoms with van der Waals surface area (Å²) in [6.45, 7) is 5.28. The van der Waals surface area contributed by atoms with Gasteiger partial charge in [-0.3, -0.25) is 4.79 Å². The highest BCUT2D eigenvalue weighted by Gasteiger charge is 2.18. The number of amides is 1. The van der Waals surface area contributed by atoms with Gasteiger partial charge in [-0.05, 0) is 31.2 Å². The van der Waals surface area contributed by atoms with Gasteiger partial charge in [-0.1, -0.05) is 0 Å². The zero-order valence-corrected chi connectivity index (χ0v) is 13.3. The minimum atomic E-state index is -0.0969. The molecular weight excluding hydrogens is 298 g/mol. The van der Waals surface area contributed by atoms with E-state index in [-0.39, 0.29) is 5.91 Å². The van der Waals surface area contributed by atoms with Crippen molar-refractivity contribution in [1.82, 2.24) is 15.6 Å². The molecule has 116 valence electrons. The summed E-state index contributed by atoms with van der Waals surface area (Å²) in [6.07, 6.45) is 0. The van der Waals surface area contributed by atoms with Crippen molar-refractivity contribution in [2.45, 2.75) is 6.92 Å². The molecule has 1 aliphatic heterocycles. The van der Waals surface area contributed by atoms with Crippen LogP contribution in [-0.4, -0.2) is 37.1 Å². The number of hydrogen-bond donors (Lipinski definition) is 2. The molecule has 1 saturated heterocycles. The van der Waals surface area contributed by atoms with E-state index in [1.807, 2.05) is 31.2 Å². The van der Waals surface area contributed by atoms with E-state index >= 15 is 0 Å². The molecule has 0 bridgehead atoms. The van der Waals surface area contributed by atoms with Crippen LogP contribution in [0.3, 0.4) is 0 Å². The van der Waals surface area contributed by atoms with Crippen LogP contribution in [0.1, 0.15) is 17.4 Å². The largest absolute Gasteiger partial charge is 0.494 e. The van der Waals surface area contributed by atoms with Crippen LogP contribution >= 0.6 is 11.3 Å². The normalized spacial score (nSPS) is 14.4. The van der Waals surface area contributed by atoms with Crippen molar-refractivity contribution in [1.29, 1.82) is 0 Å². The Kier molecular flexibility index (Phi) is 4.70. The van der Waals surface area contributed by atoms with E-state index in [0.29, 0.717) is 24.8 Å². The highest BCUT2D eigenvalue weighted by atomic mass is 32.1. The number of benzene rings is 1. The maximum atomic E-state index is 12.1. The summed E-state index contributed by atoms with van der Waals surface area (Å²) in [4.78, 5) is 16.5. The van der Waals surface area contributed by atoms with E-state index in [0.717, 1.165) is 29.4 Å². The summed E-state index contributed by atoms with van der Waals surface area (Å²) in [7, 11) is 0. The molecule has 5 nitrogen and oxygen atoms in total. The maximum Gasteiger partial charge on any atom is 0.270 e. The third kappa shape index (κ3) is 3.45. The molecule has 6 heteroatoms. The van der Waals surface area contributed by atoms with Crippen molar-refractivity contribution in [3.63, 3.8) is 0 Å². The van der Waals surface area contributed by atoms with E-state index in [1.165, 1.54) is 11.3 Å². The zero-order chi connectivity index (χ0) is 15.4. The maximum absolute atomic E-state index is 12.1. The Balaban J connectivity index is 1.63. The van der Waals surface area contributed by atoms with E-state index < -0.39 is 0 Å². The van der Waals surface area contributed by atoms with Gasteiger partial charge in [0.05, 0.1) is 6.61 Å². The molecule has 0 aliphatic carbocycles. The van der Waals surface area contributed by atoms with Crippen LogP contribution in [0.5, 0.6) is 5.75 Å². The molecule has 2 N–H and O–H groups in total. The number of ether oxygens (including phenoxy) is 1. The van der Waals surface area contributed by atoms with Crippen LogP contribution in [-0.2, 0) is 0 Å². The molecule has 1 aromatic heterocycles. The van der Waals surface area contributed by atoms with Crippen molar-refractivity contribution in [3.05, 3.63) is 35.3 Å². The molecule has 1 aliphatic rings. The number of carbonyl (C=O) groups is 1. The van der Waals surface area contributed by atoms with Gasteiger partial charge in [0.15, 0.2) is 0 Å². The van der Waals surface area contributed by atoms with E-state index in [4.69, 9.17) is 4.74 Å². The average Bonchev–Trinajstić information content (AvgIpc) is 2.96. The second-order valence-electron chi connectivity index (χ2n) is 5.23. The fourth-order valence-electron chi connectivity index (χ4n) is 2.19. The highest BCUT2D eigenvalue weighted by molar-refractivity contribution is 7.13. The fourth-order valence-corrected chi connectivity index (χ4v) is 3.00. The van der Waals surface area contributed by atoms with Crippen LogP contribution in [0.25, 0.3) is 10.6 Å².